The van der Waals surface area contributed by atoms with E-state index in [-0.39, 0.29) is 37.3 Å². The van der Waals surface area contributed by atoms with E-state index in [4.69, 9.17) is 5.73 Å². The maximum Gasteiger partial charge on any atom is 0.294 e. The molecule has 0 unspecified atom stereocenters. The van der Waals surface area contributed by atoms with Crippen molar-refractivity contribution in [3.63, 3.8) is 0 Å². The number of alkyl halides is 2. The van der Waals surface area contributed by atoms with E-state index >= 15 is 0 Å². The molecule has 0 saturated carbocycles. The molecule has 0 amide bonds. The number of piperidine rings is 1. The Morgan fingerprint density at radius 2 is 1.94 bits per heavy atom. The zero-order valence-electron chi connectivity index (χ0n) is 9.60. The van der Waals surface area contributed by atoms with Crippen LogP contribution >= 0.6 is 0 Å². The molecule has 2 N–H and O–H groups in total. The molecule has 0 aliphatic carbocycles. The number of benzene rings is 1. The van der Waals surface area contributed by atoms with E-state index in [2.05, 4.69) is 0 Å². The lowest BCUT2D eigenvalue weighted by Crippen LogP contribution is -2.39. The van der Waals surface area contributed by atoms with Gasteiger partial charge in [-0.15, -0.1) is 0 Å². The SMILES string of the molecule is Nc1ccc(N2CCC(F)(F)CC2)cc1[N+](=O)[O-]. The van der Waals surface area contributed by atoms with Gasteiger partial charge in [-0.1, -0.05) is 0 Å². The first-order chi connectivity index (χ1) is 8.39. The van der Waals surface area contributed by atoms with Crippen LogP contribution in [0, 0.1) is 10.1 Å². The van der Waals surface area contributed by atoms with Crippen LogP contribution in [0.1, 0.15) is 12.8 Å². The Morgan fingerprint density at radius 1 is 1.33 bits per heavy atom. The number of anilines is 2. The van der Waals surface area contributed by atoms with Gasteiger partial charge < -0.3 is 10.6 Å². The molecule has 18 heavy (non-hydrogen) atoms. The smallest absolute Gasteiger partial charge is 0.294 e. The highest BCUT2D eigenvalue weighted by molar-refractivity contribution is 5.66. The number of rotatable bonds is 2. The highest BCUT2D eigenvalue weighted by Crippen LogP contribution is 2.33. The Morgan fingerprint density at radius 3 is 2.50 bits per heavy atom. The highest BCUT2D eigenvalue weighted by atomic mass is 19.3. The van der Waals surface area contributed by atoms with Crippen molar-refractivity contribution in [2.45, 2.75) is 18.8 Å². The van der Waals surface area contributed by atoms with Gasteiger partial charge in [-0.2, -0.15) is 0 Å². The van der Waals surface area contributed by atoms with Crippen LogP contribution in [0.15, 0.2) is 18.2 Å². The molecule has 1 aromatic rings. The summed E-state index contributed by atoms with van der Waals surface area (Å²) in [6.07, 6.45) is -0.462. The summed E-state index contributed by atoms with van der Waals surface area (Å²) in [5, 5.41) is 10.7. The third kappa shape index (κ3) is 2.49. The lowest BCUT2D eigenvalue weighted by atomic mass is 10.1. The summed E-state index contributed by atoms with van der Waals surface area (Å²) in [4.78, 5) is 11.9. The predicted molar refractivity (Wildman–Crippen MR) is 63.9 cm³/mol. The van der Waals surface area contributed by atoms with Crippen molar-refractivity contribution in [3.05, 3.63) is 28.3 Å². The molecule has 2 rings (SSSR count). The average Bonchev–Trinajstić information content (AvgIpc) is 2.30. The molecule has 1 aromatic carbocycles. The number of nitrogens with two attached hydrogens (primary N) is 1. The molecule has 0 atom stereocenters. The molecular weight excluding hydrogens is 244 g/mol. The first-order valence-electron chi connectivity index (χ1n) is 5.56. The molecule has 1 aliphatic rings. The number of hydrogen-bond donors (Lipinski definition) is 1. The van der Waals surface area contributed by atoms with E-state index in [1.807, 2.05) is 0 Å². The third-order valence-electron chi connectivity index (χ3n) is 3.07. The summed E-state index contributed by atoms with van der Waals surface area (Å²) < 4.78 is 26.0. The van der Waals surface area contributed by atoms with Crippen molar-refractivity contribution in [2.24, 2.45) is 0 Å². The van der Waals surface area contributed by atoms with Crippen molar-refractivity contribution >= 4 is 17.1 Å². The van der Waals surface area contributed by atoms with Gasteiger partial charge >= 0.3 is 0 Å². The van der Waals surface area contributed by atoms with Crippen molar-refractivity contribution in [3.8, 4) is 0 Å². The van der Waals surface area contributed by atoms with Crippen molar-refractivity contribution in [1.29, 1.82) is 0 Å². The van der Waals surface area contributed by atoms with Crippen LogP contribution in [0.5, 0.6) is 0 Å². The molecular formula is C11H13F2N3O2. The number of nitrogens with zero attached hydrogens (tertiary/aromatic N) is 2. The van der Waals surface area contributed by atoms with Crippen LogP contribution in [0.4, 0.5) is 25.8 Å². The fourth-order valence-electron chi connectivity index (χ4n) is 1.98. The summed E-state index contributed by atoms with van der Waals surface area (Å²) in [7, 11) is 0. The predicted octanol–water partition coefficient (Wildman–Crippen LogP) is 2.41. The molecule has 1 aliphatic heterocycles. The van der Waals surface area contributed by atoms with Gasteiger partial charge in [-0.3, -0.25) is 10.1 Å². The summed E-state index contributed by atoms with van der Waals surface area (Å²) in [6, 6.07) is 4.38. The summed E-state index contributed by atoms with van der Waals surface area (Å²) >= 11 is 0. The molecule has 5 nitrogen and oxygen atoms in total. The van der Waals surface area contributed by atoms with Gasteiger partial charge in [0, 0.05) is 37.7 Å². The fraction of sp³-hybridized carbons (Fsp3) is 0.455. The second-order valence-corrected chi connectivity index (χ2v) is 4.34. The second kappa shape index (κ2) is 4.40. The van der Waals surface area contributed by atoms with Gasteiger partial charge in [0.05, 0.1) is 4.92 Å². The third-order valence-corrected chi connectivity index (χ3v) is 3.07. The van der Waals surface area contributed by atoms with Gasteiger partial charge in [-0.25, -0.2) is 8.78 Å². The van der Waals surface area contributed by atoms with Gasteiger partial charge in [0.25, 0.3) is 11.6 Å². The van der Waals surface area contributed by atoms with E-state index < -0.39 is 10.8 Å². The van der Waals surface area contributed by atoms with E-state index in [9.17, 15) is 18.9 Å². The number of nitro benzene ring substituents is 1. The summed E-state index contributed by atoms with van der Waals surface area (Å²) in [6.45, 7) is 0.377. The van der Waals surface area contributed by atoms with Crippen LogP contribution in [0.2, 0.25) is 0 Å². The second-order valence-electron chi connectivity index (χ2n) is 4.34. The van der Waals surface area contributed by atoms with Crippen LogP contribution in [0.3, 0.4) is 0 Å². The van der Waals surface area contributed by atoms with Gasteiger partial charge in [-0.05, 0) is 12.1 Å². The fourth-order valence-corrected chi connectivity index (χ4v) is 1.98. The molecule has 1 saturated heterocycles. The lowest BCUT2D eigenvalue weighted by Gasteiger charge is -2.33. The molecule has 0 bridgehead atoms. The molecule has 1 fully saturated rings. The lowest BCUT2D eigenvalue weighted by molar-refractivity contribution is -0.383. The minimum atomic E-state index is -2.63. The standard InChI is InChI=1S/C11H13F2N3O2/c12-11(13)3-5-15(6-4-11)8-1-2-9(14)10(7-8)16(17)18/h1-2,7H,3-6,14H2. The van der Waals surface area contributed by atoms with E-state index in [0.29, 0.717) is 5.69 Å². The van der Waals surface area contributed by atoms with E-state index in [1.165, 1.54) is 12.1 Å². The van der Waals surface area contributed by atoms with Gasteiger partial charge in [0.15, 0.2) is 0 Å². The maximum absolute atomic E-state index is 13.0. The van der Waals surface area contributed by atoms with Crippen molar-refractivity contribution in [1.82, 2.24) is 0 Å². The molecule has 0 spiro atoms. The highest BCUT2D eigenvalue weighted by Gasteiger charge is 2.34. The van der Waals surface area contributed by atoms with Crippen LogP contribution in [-0.4, -0.2) is 23.9 Å². The van der Waals surface area contributed by atoms with Crippen LogP contribution in [0.25, 0.3) is 0 Å². The summed E-state index contributed by atoms with van der Waals surface area (Å²) in [5.74, 6) is -2.63. The van der Waals surface area contributed by atoms with Crippen LogP contribution < -0.4 is 10.6 Å². The van der Waals surface area contributed by atoms with Crippen molar-refractivity contribution < 1.29 is 13.7 Å². The summed E-state index contributed by atoms with van der Waals surface area (Å²) in [5.41, 5.74) is 5.93. The minimum absolute atomic E-state index is 0.0751. The number of halogens is 2. The largest absolute Gasteiger partial charge is 0.393 e. The van der Waals surface area contributed by atoms with Crippen molar-refractivity contribution in [2.75, 3.05) is 23.7 Å². The molecule has 0 radical (unpaired) electrons. The minimum Gasteiger partial charge on any atom is -0.393 e. The molecule has 1 heterocycles. The monoisotopic (exact) mass is 257 g/mol. The first kappa shape index (κ1) is 12.5. The van der Waals surface area contributed by atoms with Crippen LogP contribution in [-0.2, 0) is 0 Å². The van der Waals surface area contributed by atoms with Gasteiger partial charge in [0.1, 0.15) is 5.69 Å². The Bertz CT molecular complexity index is 469. The Kier molecular flexibility index (Phi) is 3.06. The topological polar surface area (TPSA) is 72.4 Å². The Labute approximate surface area is 102 Å². The van der Waals surface area contributed by atoms with E-state index in [1.54, 1.807) is 11.0 Å². The maximum atomic E-state index is 13.0. The number of nitro groups is 1. The van der Waals surface area contributed by atoms with E-state index in [0.717, 1.165) is 0 Å². The molecule has 0 aromatic heterocycles. The first-order valence-corrected chi connectivity index (χ1v) is 5.56. The zero-order chi connectivity index (χ0) is 13.3. The molecule has 98 valence electrons. The average molecular weight is 257 g/mol. The normalized spacial score (nSPS) is 18.7. The zero-order valence-corrected chi connectivity index (χ0v) is 9.60. The van der Waals surface area contributed by atoms with Gasteiger partial charge in [0.2, 0.25) is 0 Å². The number of hydrogen-bond acceptors (Lipinski definition) is 4. The molecule has 7 heteroatoms. The Balaban J connectivity index is 2.20. The number of nitrogen functional groups attached to an aromatic ring is 1. The Hall–Kier alpha value is -1.92. The quantitative estimate of drug-likeness (QED) is 0.501.